The van der Waals surface area contributed by atoms with Crippen molar-refractivity contribution in [3.63, 3.8) is 0 Å². The molecule has 3 aliphatic carbocycles. The fraction of sp³-hybridized carbons (Fsp3) is 0.741. The molecule has 0 radical (unpaired) electrons. The predicted octanol–water partition coefficient (Wildman–Crippen LogP) is -0.0893. The van der Waals surface area contributed by atoms with Crippen molar-refractivity contribution < 1.29 is 72.5 Å². The van der Waals surface area contributed by atoms with Crippen molar-refractivity contribution in [2.24, 2.45) is 22.7 Å². The van der Waals surface area contributed by atoms with Gasteiger partial charge in [-0.1, -0.05) is 6.92 Å². The van der Waals surface area contributed by atoms with Gasteiger partial charge in [0.05, 0.1) is 38.4 Å². The Morgan fingerprint density at radius 1 is 1.07 bits per heavy atom. The van der Waals surface area contributed by atoms with Crippen LogP contribution in [0.5, 0.6) is 0 Å². The molecule has 0 aromatic rings. The lowest BCUT2D eigenvalue weighted by Crippen LogP contribution is -2.88. The van der Waals surface area contributed by atoms with Crippen LogP contribution >= 0.6 is 0 Å². The molecule has 15 nitrogen and oxygen atoms in total. The van der Waals surface area contributed by atoms with E-state index < -0.39 is 94.9 Å². The van der Waals surface area contributed by atoms with Crippen LogP contribution in [0.4, 0.5) is 9.59 Å². The van der Waals surface area contributed by atoms with E-state index in [0.717, 1.165) is 7.11 Å². The molecule has 232 valence electrons. The van der Waals surface area contributed by atoms with Gasteiger partial charge in [-0.15, -0.1) is 0 Å². The first-order chi connectivity index (χ1) is 19.7. The molecule has 5 aliphatic rings. The number of ether oxygens (including phenoxy) is 7. The molecule has 2 heterocycles. The van der Waals surface area contributed by atoms with E-state index in [9.17, 15) is 39.3 Å². The maximum Gasteiger partial charge on any atom is 0.513 e. The number of aliphatic hydroxyl groups excluding tert-OH is 2. The number of ketones is 1. The second-order valence-corrected chi connectivity index (χ2v) is 11.5. The number of hydrogen-bond donors (Lipinski definition) is 3. The third-order valence-electron chi connectivity index (χ3n) is 9.92. The van der Waals surface area contributed by atoms with Crippen molar-refractivity contribution in [2.75, 3.05) is 26.9 Å². The maximum atomic E-state index is 13.5. The Balaban J connectivity index is 1.72. The van der Waals surface area contributed by atoms with Crippen LogP contribution < -0.4 is 0 Å². The summed E-state index contributed by atoms with van der Waals surface area (Å²) >= 11 is 0. The number of Topliss-reactive ketones (excluding diaryl/α,β-unsaturated/α-hetero) is 1. The average molecular weight is 599 g/mol. The van der Waals surface area contributed by atoms with Gasteiger partial charge in [0.15, 0.2) is 17.1 Å². The smallest absolute Gasteiger partial charge is 0.467 e. The molecule has 5 rings (SSSR count). The minimum absolute atomic E-state index is 0.00274. The Labute approximate surface area is 239 Å². The van der Waals surface area contributed by atoms with E-state index >= 15 is 0 Å². The van der Waals surface area contributed by atoms with E-state index in [-0.39, 0.29) is 31.8 Å². The number of hydrogen-bond acceptors (Lipinski definition) is 15. The Morgan fingerprint density at radius 3 is 2.33 bits per heavy atom. The van der Waals surface area contributed by atoms with E-state index in [1.54, 1.807) is 20.8 Å². The van der Waals surface area contributed by atoms with Crippen molar-refractivity contribution in [1.29, 1.82) is 0 Å². The van der Waals surface area contributed by atoms with Crippen molar-refractivity contribution >= 4 is 30.0 Å². The zero-order chi connectivity index (χ0) is 31.0. The highest BCUT2D eigenvalue weighted by Gasteiger charge is 2.92. The highest BCUT2D eigenvalue weighted by Crippen LogP contribution is 2.74. The van der Waals surface area contributed by atoms with Gasteiger partial charge in [0.2, 0.25) is 11.7 Å². The Kier molecular flexibility index (Phi) is 7.11. The van der Waals surface area contributed by atoms with Gasteiger partial charge in [-0.25, -0.2) is 19.2 Å². The van der Waals surface area contributed by atoms with Gasteiger partial charge in [0.25, 0.3) is 0 Å². The summed E-state index contributed by atoms with van der Waals surface area (Å²) in [7, 11) is 0.955. The Bertz CT molecular complexity index is 1260. The molecule has 1 spiro atoms. The summed E-state index contributed by atoms with van der Waals surface area (Å²) in [6.45, 7) is 5.53. The van der Waals surface area contributed by atoms with Crippen LogP contribution in [0.25, 0.3) is 0 Å². The normalized spacial score (nSPS) is 43.4. The summed E-state index contributed by atoms with van der Waals surface area (Å²) < 4.78 is 36.7. The first-order valence-corrected chi connectivity index (χ1v) is 13.7. The lowest BCUT2D eigenvalue weighted by molar-refractivity contribution is -0.345. The molecule has 4 fully saturated rings. The largest absolute Gasteiger partial charge is 0.513 e. The standard InChI is InChI=1S/C27H34O15/c1-6-37-22(33)41-16-11(3)12-8-14-25-10-39-26(21(32)36-5,18(30)15(29)17(25)24(12,4)9-13(16)28)27(25,35)19(20(31)40-14)42-23(34)38-7-2/h12,14-15,17-19,29-30,35H,6-10H2,1-5H3/t12-,14+,15+,17+,18-,19-,24-,25+,26-,27-/m0/s1. The molecule has 0 unspecified atom stereocenters. The van der Waals surface area contributed by atoms with Gasteiger partial charge in [0.1, 0.15) is 12.2 Å². The van der Waals surface area contributed by atoms with E-state index in [2.05, 4.69) is 0 Å². The Hall–Kier alpha value is -3.27. The molecular weight excluding hydrogens is 564 g/mol. The van der Waals surface area contributed by atoms with Gasteiger partial charge in [-0.2, -0.15) is 0 Å². The van der Waals surface area contributed by atoms with Crippen molar-refractivity contribution in [2.45, 2.75) is 76.2 Å². The van der Waals surface area contributed by atoms with Gasteiger partial charge in [0, 0.05) is 12.3 Å². The maximum absolute atomic E-state index is 13.5. The van der Waals surface area contributed by atoms with Crippen molar-refractivity contribution in [1.82, 2.24) is 0 Å². The summed E-state index contributed by atoms with van der Waals surface area (Å²) in [5.74, 6) is -5.45. The van der Waals surface area contributed by atoms with Crippen LogP contribution in [0, 0.1) is 22.7 Å². The zero-order valence-corrected chi connectivity index (χ0v) is 23.7. The van der Waals surface area contributed by atoms with Crippen LogP contribution in [0.15, 0.2) is 11.3 Å². The monoisotopic (exact) mass is 598 g/mol. The van der Waals surface area contributed by atoms with E-state index in [1.165, 1.54) is 6.92 Å². The number of allylic oxidation sites excluding steroid dienone is 2. The zero-order valence-electron chi connectivity index (χ0n) is 23.7. The molecule has 10 atom stereocenters. The quantitative estimate of drug-likeness (QED) is 0.279. The van der Waals surface area contributed by atoms with Crippen LogP contribution in [0.3, 0.4) is 0 Å². The summed E-state index contributed by atoms with van der Waals surface area (Å²) in [4.78, 5) is 64.9. The van der Waals surface area contributed by atoms with Crippen LogP contribution in [0.2, 0.25) is 0 Å². The Morgan fingerprint density at radius 2 is 1.71 bits per heavy atom. The summed E-state index contributed by atoms with van der Waals surface area (Å²) in [5, 5.41) is 36.1. The van der Waals surface area contributed by atoms with Crippen LogP contribution in [-0.4, -0.2) is 108 Å². The number of carbonyl (C=O) groups is 5. The summed E-state index contributed by atoms with van der Waals surface area (Å²) in [6, 6.07) is 0. The molecule has 2 bridgehead atoms. The topological polar surface area (TPSA) is 211 Å². The van der Waals surface area contributed by atoms with Gasteiger partial charge >= 0.3 is 24.2 Å². The number of fused-ring (bicyclic) bond motifs is 2. The summed E-state index contributed by atoms with van der Waals surface area (Å²) in [5.41, 5.74) is -8.53. The van der Waals surface area contributed by atoms with Crippen LogP contribution in [0.1, 0.15) is 40.5 Å². The number of methoxy groups -OCH3 is 1. The molecule has 42 heavy (non-hydrogen) atoms. The molecule has 0 aromatic carbocycles. The number of carbonyl (C=O) groups excluding carboxylic acids is 5. The molecule has 2 saturated carbocycles. The molecule has 2 aliphatic heterocycles. The van der Waals surface area contributed by atoms with Gasteiger partial charge in [-0.3, -0.25) is 4.79 Å². The highest BCUT2D eigenvalue weighted by molar-refractivity contribution is 5.97. The number of aliphatic hydroxyl groups is 3. The molecule has 3 N–H and O–H groups in total. The minimum Gasteiger partial charge on any atom is -0.467 e. The molecule has 0 aromatic heterocycles. The third kappa shape index (κ3) is 3.44. The minimum atomic E-state index is -2.85. The third-order valence-corrected chi connectivity index (χ3v) is 9.92. The second-order valence-electron chi connectivity index (χ2n) is 11.5. The first kappa shape index (κ1) is 30.2. The predicted molar refractivity (Wildman–Crippen MR) is 132 cm³/mol. The molecule has 0 amide bonds. The van der Waals surface area contributed by atoms with Crippen molar-refractivity contribution in [3.8, 4) is 0 Å². The van der Waals surface area contributed by atoms with E-state index in [1.807, 2.05) is 0 Å². The first-order valence-electron chi connectivity index (χ1n) is 13.7. The lowest BCUT2D eigenvalue weighted by atomic mass is 9.36. The second kappa shape index (κ2) is 9.89. The fourth-order valence-electron chi connectivity index (χ4n) is 8.50. The molecule has 15 heteroatoms. The fourth-order valence-corrected chi connectivity index (χ4v) is 8.50. The number of rotatable bonds is 5. The lowest BCUT2D eigenvalue weighted by Gasteiger charge is -2.69. The van der Waals surface area contributed by atoms with Gasteiger partial charge in [-0.05, 0) is 44.1 Å². The summed E-state index contributed by atoms with van der Waals surface area (Å²) in [6.07, 6.45) is -10.5. The van der Waals surface area contributed by atoms with Crippen molar-refractivity contribution in [3.05, 3.63) is 11.3 Å². The van der Waals surface area contributed by atoms with Gasteiger partial charge < -0.3 is 48.5 Å². The van der Waals surface area contributed by atoms with Crippen LogP contribution in [-0.2, 0) is 47.5 Å². The van der Waals surface area contributed by atoms with E-state index in [4.69, 9.17) is 33.2 Å². The molecular formula is C27H34O15. The average Bonchev–Trinajstić information content (AvgIpc) is 3.14. The molecule has 2 saturated heterocycles. The van der Waals surface area contributed by atoms with E-state index in [0.29, 0.717) is 5.57 Å². The highest BCUT2D eigenvalue weighted by atomic mass is 16.7. The number of esters is 2. The SMILES string of the molecule is CCOC(=O)OC1=C(C)[C@@H]2C[C@H]3OC(=O)[C@H](OC(=O)OCC)[C@]4(O)[C@]35CO[C@]4(C(=O)OC)[C@@H](O)[C@H](O)[C@@H]5[C@@]2(C)CC1=O.